The van der Waals surface area contributed by atoms with Crippen LogP contribution in [0.15, 0.2) is 11.2 Å². The van der Waals surface area contributed by atoms with Gasteiger partial charge in [-0.15, -0.1) is 0 Å². The van der Waals surface area contributed by atoms with Crippen LogP contribution in [0.4, 0.5) is 0 Å². The van der Waals surface area contributed by atoms with E-state index in [1.807, 2.05) is 6.92 Å². The number of hydrazine groups is 1. The number of amidine groups is 1. The van der Waals surface area contributed by atoms with E-state index in [0.29, 0.717) is 6.04 Å². The number of aliphatic imine (C=N–C) groups is 1. The topological polar surface area (TPSA) is 79.1 Å². The first-order valence-corrected chi connectivity index (χ1v) is 6.36. The SMILES string of the molecule is Cc1[nH]ncc1C(=NC1CCCCCC1)NN. The molecule has 0 amide bonds. The summed E-state index contributed by atoms with van der Waals surface area (Å²) in [6.45, 7) is 1.97. The molecule has 1 aliphatic carbocycles. The van der Waals surface area contributed by atoms with Crippen molar-refractivity contribution in [1.29, 1.82) is 0 Å². The smallest absolute Gasteiger partial charge is 0.146 e. The average Bonchev–Trinajstić information content (AvgIpc) is 2.62. The van der Waals surface area contributed by atoms with Crippen molar-refractivity contribution in [2.75, 3.05) is 0 Å². The Morgan fingerprint density at radius 1 is 1.41 bits per heavy atom. The monoisotopic (exact) mass is 235 g/mol. The number of hydrogen-bond acceptors (Lipinski definition) is 3. The van der Waals surface area contributed by atoms with Crippen molar-refractivity contribution in [3.05, 3.63) is 17.5 Å². The zero-order valence-corrected chi connectivity index (χ0v) is 10.4. The second-order valence-electron chi connectivity index (χ2n) is 4.68. The number of aromatic nitrogens is 2. The van der Waals surface area contributed by atoms with Crippen LogP contribution in [0.25, 0.3) is 0 Å². The van der Waals surface area contributed by atoms with Crippen LogP contribution in [0.2, 0.25) is 0 Å². The lowest BCUT2D eigenvalue weighted by molar-refractivity contribution is 0.583. The molecule has 0 unspecified atom stereocenters. The van der Waals surface area contributed by atoms with E-state index in [1.165, 1.54) is 38.5 Å². The van der Waals surface area contributed by atoms with Crippen LogP contribution in [0.5, 0.6) is 0 Å². The highest BCUT2D eigenvalue weighted by Crippen LogP contribution is 2.20. The van der Waals surface area contributed by atoms with Crippen LogP contribution >= 0.6 is 0 Å². The van der Waals surface area contributed by atoms with Crippen LogP contribution in [0.1, 0.15) is 49.8 Å². The molecule has 1 aromatic heterocycles. The van der Waals surface area contributed by atoms with Gasteiger partial charge in [-0.1, -0.05) is 25.7 Å². The molecule has 5 nitrogen and oxygen atoms in total. The largest absolute Gasteiger partial charge is 0.308 e. The second kappa shape index (κ2) is 5.82. The molecule has 5 heteroatoms. The zero-order chi connectivity index (χ0) is 12.1. The van der Waals surface area contributed by atoms with Crippen LogP contribution in [0, 0.1) is 6.92 Å². The summed E-state index contributed by atoms with van der Waals surface area (Å²) < 4.78 is 0. The summed E-state index contributed by atoms with van der Waals surface area (Å²) in [6.07, 6.45) is 9.33. The normalized spacial score (nSPS) is 19.1. The molecule has 0 saturated heterocycles. The Kier molecular flexibility index (Phi) is 4.14. The van der Waals surface area contributed by atoms with Crippen molar-refractivity contribution < 1.29 is 0 Å². The molecule has 17 heavy (non-hydrogen) atoms. The lowest BCUT2D eigenvalue weighted by atomic mass is 10.1. The third kappa shape index (κ3) is 3.06. The second-order valence-corrected chi connectivity index (χ2v) is 4.68. The van der Waals surface area contributed by atoms with E-state index in [-0.39, 0.29) is 0 Å². The molecular formula is C12H21N5. The van der Waals surface area contributed by atoms with E-state index in [9.17, 15) is 0 Å². The maximum Gasteiger partial charge on any atom is 0.146 e. The summed E-state index contributed by atoms with van der Waals surface area (Å²) in [4.78, 5) is 4.74. The fourth-order valence-corrected chi connectivity index (χ4v) is 2.34. The van der Waals surface area contributed by atoms with Crippen LogP contribution in [0.3, 0.4) is 0 Å². The van der Waals surface area contributed by atoms with E-state index < -0.39 is 0 Å². The van der Waals surface area contributed by atoms with Gasteiger partial charge in [0.25, 0.3) is 0 Å². The Hall–Kier alpha value is -1.36. The zero-order valence-electron chi connectivity index (χ0n) is 10.4. The number of nitrogens with one attached hydrogen (secondary N) is 2. The molecule has 0 atom stereocenters. The number of hydrogen-bond donors (Lipinski definition) is 3. The summed E-state index contributed by atoms with van der Waals surface area (Å²) >= 11 is 0. The summed E-state index contributed by atoms with van der Waals surface area (Å²) in [6, 6.07) is 0.401. The fourth-order valence-electron chi connectivity index (χ4n) is 2.34. The number of nitrogens with zero attached hydrogens (tertiary/aromatic N) is 2. The molecular weight excluding hydrogens is 214 g/mol. The van der Waals surface area contributed by atoms with Crippen molar-refractivity contribution >= 4 is 5.84 Å². The maximum atomic E-state index is 5.57. The van der Waals surface area contributed by atoms with Gasteiger partial charge in [0, 0.05) is 5.69 Å². The molecule has 0 bridgehead atoms. The molecule has 0 aromatic carbocycles. The molecule has 0 aliphatic heterocycles. The van der Waals surface area contributed by atoms with Crippen LogP contribution < -0.4 is 11.3 Å². The summed E-state index contributed by atoms with van der Waals surface area (Å²) in [7, 11) is 0. The minimum Gasteiger partial charge on any atom is -0.308 e. The number of rotatable bonds is 2. The minimum atomic E-state index is 0.401. The first-order chi connectivity index (χ1) is 8.31. The van der Waals surface area contributed by atoms with Crippen LogP contribution in [-0.4, -0.2) is 22.1 Å². The molecule has 1 aliphatic rings. The molecule has 1 aromatic rings. The van der Waals surface area contributed by atoms with E-state index in [1.54, 1.807) is 6.20 Å². The predicted octanol–water partition coefficient (Wildman–Crippen LogP) is 1.65. The van der Waals surface area contributed by atoms with Gasteiger partial charge in [-0.3, -0.25) is 10.1 Å². The third-order valence-electron chi connectivity index (χ3n) is 3.36. The lowest BCUT2D eigenvalue weighted by Crippen LogP contribution is -2.32. The first kappa shape index (κ1) is 12.1. The van der Waals surface area contributed by atoms with Gasteiger partial charge in [-0.2, -0.15) is 5.10 Å². The van der Waals surface area contributed by atoms with Crippen molar-refractivity contribution in [2.45, 2.75) is 51.5 Å². The summed E-state index contributed by atoms with van der Waals surface area (Å²) in [5, 5.41) is 6.91. The molecule has 1 fully saturated rings. The van der Waals surface area contributed by atoms with E-state index in [0.717, 1.165) is 17.1 Å². The highest BCUT2D eigenvalue weighted by molar-refractivity contribution is 5.99. The van der Waals surface area contributed by atoms with Gasteiger partial charge >= 0.3 is 0 Å². The van der Waals surface area contributed by atoms with Crippen molar-refractivity contribution in [1.82, 2.24) is 15.6 Å². The standard InChI is InChI=1S/C12H21N5/c1-9-11(8-14-17-9)12(16-13)15-10-6-4-2-3-5-7-10/h8,10H,2-7,13H2,1H3,(H,14,17)(H,15,16). The Morgan fingerprint density at radius 2 is 2.12 bits per heavy atom. The Labute approximate surface area is 102 Å². The van der Waals surface area contributed by atoms with Gasteiger partial charge < -0.3 is 5.43 Å². The fraction of sp³-hybridized carbons (Fsp3) is 0.667. The Balaban J connectivity index is 2.14. The van der Waals surface area contributed by atoms with Crippen molar-refractivity contribution in [3.8, 4) is 0 Å². The van der Waals surface area contributed by atoms with Gasteiger partial charge in [0.2, 0.25) is 0 Å². The highest BCUT2D eigenvalue weighted by atomic mass is 15.3. The molecule has 0 radical (unpaired) electrons. The Morgan fingerprint density at radius 3 is 2.65 bits per heavy atom. The highest BCUT2D eigenvalue weighted by Gasteiger charge is 2.14. The first-order valence-electron chi connectivity index (χ1n) is 6.36. The van der Waals surface area contributed by atoms with Gasteiger partial charge in [0.1, 0.15) is 5.84 Å². The molecule has 1 saturated carbocycles. The number of H-pyrrole nitrogens is 1. The molecule has 1 heterocycles. The van der Waals surface area contributed by atoms with E-state index >= 15 is 0 Å². The number of aromatic amines is 1. The van der Waals surface area contributed by atoms with Crippen molar-refractivity contribution in [2.24, 2.45) is 10.8 Å². The van der Waals surface area contributed by atoms with E-state index in [2.05, 4.69) is 15.6 Å². The number of aryl methyl sites for hydroxylation is 1. The third-order valence-corrected chi connectivity index (χ3v) is 3.36. The van der Waals surface area contributed by atoms with Gasteiger partial charge in [-0.05, 0) is 19.8 Å². The molecule has 0 spiro atoms. The lowest BCUT2D eigenvalue weighted by Gasteiger charge is -2.12. The maximum absolute atomic E-state index is 5.57. The van der Waals surface area contributed by atoms with Crippen LogP contribution in [-0.2, 0) is 0 Å². The number of nitrogens with two attached hydrogens (primary N) is 1. The van der Waals surface area contributed by atoms with Crippen molar-refractivity contribution in [3.63, 3.8) is 0 Å². The average molecular weight is 235 g/mol. The molecule has 4 N–H and O–H groups in total. The molecule has 94 valence electrons. The minimum absolute atomic E-state index is 0.401. The Bertz CT molecular complexity index is 374. The summed E-state index contributed by atoms with van der Waals surface area (Å²) in [5.74, 6) is 6.32. The van der Waals surface area contributed by atoms with Gasteiger partial charge in [-0.25, -0.2) is 5.84 Å². The quantitative estimate of drug-likeness (QED) is 0.240. The predicted molar refractivity (Wildman–Crippen MR) is 68.7 cm³/mol. The van der Waals surface area contributed by atoms with Gasteiger partial charge in [0.15, 0.2) is 0 Å². The summed E-state index contributed by atoms with van der Waals surface area (Å²) in [5.41, 5.74) is 4.67. The van der Waals surface area contributed by atoms with E-state index in [4.69, 9.17) is 10.8 Å². The molecule has 2 rings (SSSR count). The van der Waals surface area contributed by atoms with Gasteiger partial charge in [0.05, 0.1) is 17.8 Å².